The number of ether oxygens (including phenoxy) is 2. The maximum Gasteiger partial charge on any atom is 0.412 e. The van der Waals surface area contributed by atoms with Gasteiger partial charge in [-0.2, -0.15) is 0 Å². The highest BCUT2D eigenvalue weighted by Gasteiger charge is 2.46. The molecule has 0 bridgehead atoms. The number of β-lactam (4-membered cyclic amide) rings is 1. The Morgan fingerprint density at radius 1 is 1.00 bits per heavy atom. The van der Waals surface area contributed by atoms with Crippen LogP contribution in [0, 0.1) is 6.92 Å². The van der Waals surface area contributed by atoms with Crippen molar-refractivity contribution in [3.63, 3.8) is 0 Å². The van der Waals surface area contributed by atoms with Crippen LogP contribution >= 0.6 is 0 Å². The number of rotatable bonds is 11. The highest BCUT2D eigenvalue weighted by molar-refractivity contribution is 6.06. The number of urea groups is 1. The lowest BCUT2D eigenvalue weighted by molar-refractivity contribution is -0.163. The molecular formula is C33H44N4O6. The van der Waals surface area contributed by atoms with Gasteiger partial charge in [0.05, 0.1) is 19.1 Å². The molecule has 2 heterocycles. The Bertz CT molecular complexity index is 1350. The Balaban J connectivity index is 0.000000468. The molecule has 0 unspecified atom stereocenters. The number of hydrogen-bond donors (Lipinski definition) is 2. The summed E-state index contributed by atoms with van der Waals surface area (Å²) in [6, 6.07) is 20.6. The fourth-order valence-electron chi connectivity index (χ4n) is 4.20. The largest absolute Gasteiger partial charge is 0.459 e. The Hall–Kier alpha value is -4.73. The van der Waals surface area contributed by atoms with Gasteiger partial charge in [-0.15, -0.1) is 0 Å². The van der Waals surface area contributed by atoms with E-state index in [-0.39, 0.29) is 27.8 Å². The minimum absolute atomic E-state index is 0. The summed E-state index contributed by atoms with van der Waals surface area (Å²) in [5.41, 5.74) is 2.82. The first kappa shape index (κ1) is 32.8. The lowest BCUT2D eigenvalue weighted by atomic mass is 10.0. The molecule has 43 heavy (non-hydrogen) atoms. The summed E-state index contributed by atoms with van der Waals surface area (Å²) in [7, 11) is 0. The summed E-state index contributed by atoms with van der Waals surface area (Å²) in [4.78, 5) is 52.8. The predicted molar refractivity (Wildman–Crippen MR) is 167 cm³/mol. The molecule has 2 aromatic carbocycles. The van der Waals surface area contributed by atoms with Gasteiger partial charge < -0.3 is 14.8 Å². The number of carbonyl (C=O) groups excluding carboxylic acids is 4. The molecule has 10 heteroatoms. The van der Waals surface area contributed by atoms with Gasteiger partial charge in [-0.05, 0) is 49.1 Å². The third-order valence-electron chi connectivity index (χ3n) is 6.68. The Labute approximate surface area is 255 Å². The van der Waals surface area contributed by atoms with E-state index in [1.807, 2.05) is 80.6 Å². The van der Waals surface area contributed by atoms with Crippen molar-refractivity contribution in [2.24, 2.45) is 0 Å². The molecule has 1 saturated heterocycles. The van der Waals surface area contributed by atoms with Gasteiger partial charge in [0.25, 0.3) is 0 Å². The molecule has 0 aliphatic carbocycles. The fraction of sp³-hybridized carbons (Fsp3) is 0.364. The fourth-order valence-corrected chi connectivity index (χ4v) is 4.20. The molecule has 10 nitrogen and oxygen atoms in total. The van der Waals surface area contributed by atoms with Gasteiger partial charge >= 0.3 is 18.1 Å². The number of likely N-dealkylation sites (tertiary alicyclic amines) is 1. The standard InChI is InChI=1S/C20H20N2O4.C13H20N2O2.2H2/c1-14(16-10-6-3-7-11-16)21-20(25)22-17(12-18(22)23)19(24)26-13-15-8-4-2-5-9-15;1-3-4-5-6-9-17-13(16)15-12-10-11(2)7-8-14-12;;/h2-11,14,17H,12-13H2,1H3,(H,21,25);7-8,10H,3-6,9H2,1-2H3,(H,14,15,16);2*1H/t14-,17+;;;/m1.../s1. The van der Waals surface area contributed by atoms with Gasteiger partial charge in [0.2, 0.25) is 5.91 Å². The second-order valence-corrected chi connectivity index (χ2v) is 10.2. The first-order chi connectivity index (χ1) is 20.8. The third kappa shape index (κ3) is 10.9. The number of nitrogens with one attached hydrogen (secondary N) is 2. The van der Waals surface area contributed by atoms with E-state index in [0.29, 0.717) is 12.4 Å². The number of benzene rings is 2. The van der Waals surface area contributed by atoms with Crippen molar-refractivity contribution >= 4 is 29.8 Å². The van der Waals surface area contributed by atoms with Crippen LogP contribution in [-0.4, -0.2) is 46.5 Å². The smallest absolute Gasteiger partial charge is 0.412 e. The van der Waals surface area contributed by atoms with Crippen molar-refractivity contribution in [2.45, 2.75) is 71.6 Å². The van der Waals surface area contributed by atoms with E-state index in [1.165, 1.54) is 12.8 Å². The molecule has 1 aliphatic heterocycles. The zero-order valence-electron chi connectivity index (χ0n) is 25.0. The molecular weight excluding hydrogens is 548 g/mol. The molecule has 1 aromatic heterocycles. The van der Waals surface area contributed by atoms with Crippen molar-refractivity contribution in [1.29, 1.82) is 0 Å². The summed E-state index contributed by atoms with van der Waals surface area (Å²) in [6.45, 7) is 6.50. The predicted octanol–water partition coefficient (Wildman–Crippen LogP) is 6.81. The van der Waals surface area contributed by atoms with Crippen LogP contribution in [0.15, 0.2) is 79.0 Å². The van der Waals surface area contributed by atoms with Gasteiger partial charge in [0.15, 0.2) is 0 Å². The minimum atomic E-state index is -0.866. The molecule has 2 N–H and O–H groups in total. The average Bonchev–Trinajstić information content (AvgIpc) is 2.99. The van der Waals surface area contributed by atoms with E-state index in [2.05, 4.69) is 22.5 Å². The number of pyridine rings is 1. The number of esters is 1. The summed E-state index contributed by atoms with van der Waals surface area (Å²) < 4.78 is 10.3. The molecule has 4 rings (SSSR count). The number of aromatic nitrogens is 1. The lowest BCUT2D eigenvalue weighted by Crippen LogP contribution is -2.62. The van der Waals surface area contributed by atoms with Gasteiger partial charge in [0.1, 0.15) is 18.5 Å². The Morgan fingerprint density at radius 2 is 1.70 bits per heavy atom. The van der Waals surface area contributed by atoms with Gasteiger partial charge in [0, 0.05) is 9.05 Å². The number of unbranched alkanes of at least 4 members (excludes halogenated alkanes) is 3. The van der Waals surface area contributed by atoms with Crippen LogP contribution < -0.4 is 10.6 Å². The maximum atomic E-state index is 12.4. The molecule has 0 spiro atoms. The monoisotopic (exact) mass is 592 g/mol. The van der Waals surface area contributed by atoms with Gasteiger partial charge in [-0.25, -0.2) is 24.3 Å². The summed E-state index contributed by atoms with van der Waals surface area (Å²) in [5, 5.41) is 5.35. The normalized spacial score (nSPS) is 14.3. The van der Waals surface area contributed by atoms with Crippen molar-refractivity contribution in [3.8, 4) is 0 Å². The van der Waals surface area contributed by atoms with E-state index >= 15 is 0 Å². The zero-order chi connectivity index (χ0) is 31.0. The van der Waals surface area contributed by atoms with Crippen LogP contribution in [0.4, 0.5) is 15.4 Å². The van der Waals surface area contributed by atoms with Crippen LogP contribution in [0.1, 0.15) is 71.5 Å². The highest BCUT2D eigenvalue weighted by atomic mass is 16.5. The first-order valence-corrected chi connectivity index (χ1v) is 14.5. The van der Waals surface area contributed by atoms with Crippen LogP contribution in [0.5, 0.6) is 0 Å². The average molecular weight is 593 g/mol. The number of amides is 4. The second kappa shape index (κ2) is 17.3. The van der Waals surface area contributed by atoms with E-state index in [4.69, 9.17) is 9.47 Å². The quantitative estimate of drug-likeness (QED) is 0.142. The van der Waals surface area contributed by atoms with Crippen LogP contribution in [-0.2, 0) is 25.7 Å². The minimum Gasteiger partial charge on any atom is -0.459 e. The lowest BCUT2D eigenvalue weighted by Gasteiger charge is -2.37. The van der Waals surface area contributed by atoms with Crippen LogP contribution in [0.2, 0.25) is 0 Å². The second-order valence-electron chi connectivity index (χ2n) is 10.2. The van der Waals surface area contributed by atoms with Crippen molar-refractivity contribution in [2.75, 3.05) is 11.9 Å². The Kier molecular flexibility index (Phi) is 13.2. The van der Waals surface area contributed by atoms with Crippen LogP contribution in [0.3, 0.4) is 0 Å². The number of anilines is 1. The molecule has 0 saturated carbocycles. The van der Waals surface area contributed by atoms with E-state index in [9.17, 15) is 19.2 Å². The number of imide groups is 1. The third-order valence-corrected chi connectivity index (χ3v) is 6.68. The van der Waals surface area contributed by atoms with Crippen molar-refractivity contribution in [1.82, 2.24) is 15.2 Å². The first-order valence-electron chi connectivity index (χ1n) is 14.5. The summed E-state index contributed by atoms with van der Waals surface area (Å²) in [5.74, 6) is -0.427. The number of nitrogens with zero attached hydrogens (tertiary/aromatic N) is 2. The molecule has 3 aromatic rings. The van der Waals surface area contributed by atoms with Gasteiger partial charge in [-0.3, -0.25) is 10.1 Å². The number of aryl methyl sites for hydroxylation is 1. The van der Waals surface area contributed by atoms with Crippen LogP contribution in [0.25, 0.3) is 0 Å². The van der Waals surface area contributed by atoms with E-state index < -0.39 is 24.1 Å². The topological polar surface area (TPSA) is 127 Å². The molecule has 2 atom stereocenters. The molecule has 0 radical (unpaired) electrons. The maximum absolute atomic E-state index is 12.4. The summed E-state index contributed by atoms with van der Waals surface area (Å²) >= 11 is 0. The highest BCUT2D eigenvalue weighted by Crippen LogP contribution is 2.23. The molecule has 1 aliphatic rings. The van der Waals surface area contributed by atoms with Gasteiger partial charge in [-0.1, -0.05) is 86.8 Å². The number of carbonyl (C=O) groups is 4. The van der Waals surface area contributed by atoms with E-state index in [1.54, 1.807) is 12.3 Å². The van der Waals surface area contributed by atoms with Crippen molar-refractivity contribution < 1.29 is 31.5 Å². The molecule has 1 fully saturated rings. The zero-order valence-corrected chi connectivity index (χ0v) is 25.0. The Morgan fingerprint density at radius 3 is 2.35 bits per heavy atom. The van der Waals surface area contributed by atoms with E-state index in [0.717, 1.165) is 34.4 Å². The summed E-state index contributed by atoms with van der Waals surface area (Å²) in [6.07, 6.45) is 5.60. The van der Waals surface area contributed by atoms with Crippen molar-refractivity contribution in [3.05, 3.63) is 95.7 Å². The number of hydrogen-bond acceptors (Lipinski definition) is 7. The SMILES string of the molecule is CCCCCCOC(=O)Nc1cc(C)ccn1.C[C@@H](NC(=O)N1C(=O)C[C@H]1C(=O)OCc1ccccc1)c1ccccc1.[HH].[HH]. The molecule has 232 valence electrons. The molecule has 4 amide bonds.